The van der Waals surface area contributed by atoms with Crippen LogP contribution >= 0.6 is 0 Å². The highest BCUT2D eigenvalue weighted by molar-refractivity contribution is 5.59. The number of hydrogen-bond donors (Lipinski definition) is 0. The second-order valence-corrected chi connectivity index (χ2v) is 2.71. The quantitative estimate of drug-likeness (QED) is 0.506. The van der Waals surface area contributed by atoms with E-state index in [1.807, 2.05) is 24.3 Å². The predicted octanol–water partition coefficient (Wildman–Crippen LogP) is 1.48. The molecule has 0 amide bonds. The van der Waals surface area contributed by atoms with Gasteiger partial charge in [-0.25, -0.2) is 4.79 Å². The van der Waals surface area contributed by atoms with Crippen molar-refractivity contribution in [1.82, 2.24) is 0 Å². The van der Waals surface area contributed by atoms with Crippen LogP contribution in [0.15, 0.2) is 30.0 Å². The maximum atomic E-state index is 10.2. The Labute approximate surface area is 75.6 Å². The van der Waals surface area contributed by atoms with Gasteiger partial charge < -0.3 is 9.47 Å². The Morgan fingerprint density at radius 3 is 2.85 bits per heavy atom. The molecule has 1 aromatic rings. The Bertz CT molecular complexity index is 378. The molecule has 1 fully saturated rings. The van der Waals surface area contributed by atoms with E-state index in [0.29, 0.717) is 5.76 Å². The molecule has 0 N–H and O–H groups in total. The molecule has 3 nitrogen and oxygen atoms in total. The summed E-state index contributed by atoms with van der Waals surface area (Å²) < 4.78 is 10.1. The molecule has 0 spiro atoms. The summed E-state index contributed by atoms with van der Waals surface area (Å²) in [5, 5.41) is 0. The van der Waals surface area contributed by atoms with Gasteiger partial charge in [0, 0.05) is 5.56 Å². The van der Waals surface area contributed by atoms with Crippen LogP contribution in [0, 0.1) is 0 Å². The molecule has 1 saturated heterocycles. The fourth-order valence-corrected chi connectivity index (χ4v) is 1.26. The van der Waals surface area contributed by atoms with Crippen LogP contribution in [0.1, 0.15) is 11.7 Å². The summed E-state index contributed by atoms with van der Waals surface area (Å²) in [7, 11) is 1.59. The standard InChI is InChI=1S/C10H8O3/c1-12-8-5-3-2-4-7(8)10-9(6-11)13-10/h2-5,10H,1H3. The van der Waals surface area contributed by atoms with Gasteiger partial charge in [-0.1, -0.05) is 18.2 Å². The van der Waals surface area contributed by atoms with Crippen molar-refractivity contribution in [2.75, 3.05) is 7.11 Å². The Balaban J connectivity index is 2.35. The van der Waals surface area contributed by atoms with Crippen molar-refractivity contribution in [3.05, 3.63) is 35.6 Å². The lowest BCUT2D eigenvalue weighted by atomic mass is 10.1. The van der Waals surface area contributed by atoms with Gasteiger partial charge in [0.05, 0.1) is 7.11 Å². The lowest BCUT2D eigenvalue weighted by Gasteiger charge is -2.02. The number of para-hydroxylation sites is 1. The summed E-state index contributed by atoms with van der Waals surface area (Å²) in [6.07, 6.45) is -0.242. The SMILES string of the molecule is COc1ccccc1C1OC1=C=O. The van der Waals surface area contributed by atoms with Crippen molar-refractivity contribution < 1.29 is 14.3 Å². The van der Waals surface area contributed by atoms with E-state index in [4.69, 9.17) is 9.47 Å². The predicted molar refractivity (Wildman–Crippen MR) is 46.0 cm³/mol. The molecule has 0 aliphatic carbocycles. The first-order valence-electron chi connectivity index (χ1n) is 3.91. The number of hydrogen-bond acceptors (Lipinski definition) is 3. The zero-order valence-corrected chi connectivity index (χ0v) is 7.11. The van der Waals surface area contributed by atoms with E-state index in [1.54, 1.807) is 13.1 Å². The van der Waals surface area contributed by atoms with Gasteiger partial charge in [-0.3, -0.25) is 0 Å². The van der Waals surface area contributed by atoms with E-state index >= 15 is 0 Å². The van der Waals surface area contributed by atoms with E-state index in [1.165, 1.54) is 0 Å². The zero-order chi connectivity index (χ0) is 9.26. The van der Waals surface area contributed by atoms with E-state index < -0.39 is 0 Å². The number of epoxide rings is 1. The number of methoxy groups -OCH3 is 1. The Kier molecular flexibility index (Phi) is 1.80. The molecule has 1 aliphatic heterocycles. The fraction of sp³-hybridized carbons (Fsp3) is 0.200. The third-order valence-electron chi connectivity index (χ3n) is 1.95. The van der Waals surface area contributed by atoms with Crippen LogP contribution < -0.4 is 4.74 Å². The lowest BCUT2D eigenvalue weighted by molar-refractivity contribution is 0.389. The van der Waals surface area contributed by atoms with Crippen molar-refractivity contribution in [3.8, 4) is 5.75 Å². The van der Waals surface area contributed by atoms with Gasteiger partial charge in [0.2, 0.25) is 5.76 Å². The third-order valence-corrected chi connectivity index (χ3v) is 1.95. The maximum absolute atomic E-state index is 10.2. The molecule has 2 rings (SSSR count). The second kappa shape index (κ2) is 2.96. The summed E-state index contributed by atoms with van der Waals surface area (Å²) in [4.78, 5) is 10.2. The molecule has 1 atom stereocenters. The minimum atomic E-state index is -0.242. The molecule has 1 aromatic carbocycles. The minimum absolute atomic E-state index is 0.242. The molecular formula is C10H8O3. The molecule has 1 aliphatic rings. The lowest BCUT2D eigenvalue weighted by Crippen LogP contribution is -1.89. The number of rotatable bonds is 2. The van der Waals surface area contributed by atoms with Gasteiger partial charge >= 0.3 is 0 Å². The van der Waals surface area contributed by atoms with Gasteiger partial charge in [-0.05, 0) is 6.07 Å². The van der Waals surface area contributed by atoms with E-state index in [9.17, 15) is 4.79 Å². The van der Waals surface area contributed by atoms with Crippen LogP contribution in [0.4, 0.5) is 0 Å². The summed E-state index contributed by atoms with van der Waals surface area (Å²) >= 11 is 0. The largest absolute Gasteiger partial charge is 0.496 e. The van der Waals surface area contributed by atoms with Crippen molar-refractivity contribution in [3.63, 3.8) is 0 Å². The molecule has 66 valence electrons. The van der Waals surface area contributed by atoms with Crippen molar-refractivity contribution in [2.45, 2.75) is 6.10 Å². The zero-order valence-electron chi connectivity index (χ0n) is 7.11. The molecule has 1 heterocycles. The first-order valence-corrected chi connectivity index (χ1v) is 3.91. The first kappa shape index (κ1) is 7.90. The summed E-state index contributed by atoms with van der Waals surface area (Å²) in [6.45, 7) is 0. The molecule has 0 radical (unpaired) electrons. The average Bonchev–Trinajstić information content (AvgIpc) is 2.96. The van der Waals surface area contributed by atoms with E-state index in [0.717, 1.165) is 11.3 Å². The first-order chi connectivity index (χ1) is 6.36. The van der Waals surface area contributed by atoms with Gasteiger partial charge in [0.1, 0.15) is 5.75 Å². The molecule has 3 heteroatoms. The topological polar surface area (TPSA) is 38.8 Å². The van der Waals surface area contributed by atoms with E-state index in [2.05, 4.69) is 0 Å². The Morgan fingerprint density at radius 1 is 1.46 bits per heavy atom. The van der Waals surface area contributed by atoms with Crippen LogP contribution in [0.3, 0.4) is 0 Å². The van der Waals surface area contributed by atoms with E-state index in [-0.39, 0.29) is 6.10 Å². The Morgan fingerprint density at radius 2 is 2.23 bits per heavy atom. The number of benzene rings is 1. The van der Waals surface area contributed by atoms with Crippen molar-refractivity contribution in [2.24, 2.45) is 0 Å². The molecular weight excluding hydrogens is 168 g/mol. The summed E-state index contributed by atoms with van der Waals surface area (Å²) in [5.74, 6) is 2.81. The molecule has 0 aromatic heterocycles. The van der Waals surface area contributed by atoms with Gasteiger partial charge in [0.15, 0.2) is 12.0 Å². The fourth-order valence-electron chi connectivity index (χ4n) is 1.26. The molecule has 0 bridgehead atoms. The van der Waals surface area contributed by atoms with Crippen molar-refractivity contribution in [1.29, 1.82) is 0 Å². The van der Waals surface area contributed by atoms with Gasteiger partial charge in [0.25, 0.3) is 0 Å². The van der Waals surface area contributed by atoms with Crippen molar-refractivity contribution >= 4 is 5.94 Å². The van der Waals surface area contributed by atoms with Crippen LogP contribution in [-0.4, -0.2) is 13.1 Å². The number of ether oxygens (including phenoxy) is 2. The van der Waals surface area contributed by atoms with Gasteiger partial charge in [-0.15, -0.1) is 0 Å². The summed E-state index contributed by atoms with van der Waals surface area (Å²) in [6, 6.07) is 7.45. The highest BCUT2D eigenvalue weighted by Gasteiger charge is 2.38. The normalized spacial score (nSPS) is 18.8. The second-order valence-electron chi connectivity index (χ2n) is 2.71. The van der Waals surface area contributed by atoms with Crippen LogP contribution in [0.2, 0.25) is 0 Å². The third kappa shape index (κ3) is 1.30. The van der Waals surface area contributed by atoms with Crippen LogP contribution in [0.25, 0.3) is 0 Å². The maximum Gasteiger partial charge on any atom is 0.227 e. The van der Waals surface area contributed by atoms with Crippen LogP contribution in [0.5, 0.6) is 5.75 Å². The average molecular weight is 176 g/mol. The minimum Gasteiger partial charge on any atom is -0.496 e. The van der Waals surface area contributed by atoms with Gasteiger partial charge in [-0.2, -0.15) is 0 Å². The smallest absolute Gasteiger partial charge is 0.227 e. The summed E-state index contributed by atoms with van der Waals surface area (Å²) in [5.41, 5.74) is 0.878. The number of carbonyl (C=O) groups excluding carboxylic acids is 1. The highest BCUT2D eigenvalue weighted by Crippen LogP contribution is 2.44. The molecule has 1 unspecified atom stereocenters. The van der Waals surface area contributed by atoms with Crippen LogP contribution in [-0.2, 0) is 9.53 Å². The monoisotopic (exact) mass is 176 g/mol. The highest BCUT2D eigenvalue weighted by atomic mass is 16.6. The molecule has 0 saturated carbocycles. The molecule has 13 heavy (non-hydrogen) atoms. The Hall–Kier alpha value is -1.73.